The lowest BCUT2D eigenvalue weighted by Gasteiger charge is -2.44. The SMILES string of the molecule is CC(C)C(C(=O)N1CC2CNCC(C2)C1)N1CCC(NSc2ccc3cc(Cl)ccc3c2)C1=O. The minimum Gasteiger partial charge on any atom is -0.340 e. The van der Waals surface area contributed by atoms with Crippen molar-refractivity contribution in [3.05, 3.63) is 41.4 Å². The molecule has 0 radical (unpaired) electrons. The van der Waals surface area contributed by atoms with Crippen molar-refractivity contribution in [2.45, 2.75) is 43.7 Å². The number of rotatable bonds is 6. The molecule has 4 atom stereocenters. The summed E-state index contributed by atoms with van der Waals surface area (Å²) in [6.07, 6.45) is 1.91. The van der Waals surface area contributed by atoms with Gasteiger partial charge in [0.05, 0.1) is 6.04 Å². The Labute approximate surface area is 210 Å². The van der Waals surface area contributed by atoms with Crippen molar-refractivity contribution in [3.63, 3.8) is 0 Å². The predicted molar refractivity (Wildman–Crippen MR) is 138 cm³/mol. The Morgan fingerprint density at radius 1 is 1.12 bits per heavy atom. The van der Waals surface area contributed by atoms with Crippen molar-refractivity contribution in [1.29, 1.82) is 0 Å². The van der Waals surface area contributed by atoms with Crippen LogP contribution in [0.2, 0.25) is 5.02 Å². The van der Waals surface area contributed by atoms with Gasteiger partial charge in [0.1, 0.15) is 6.04 Å². The maximum atomic E-state index is 13.6. The van der Waals surface area contributed by atoms with Crippen LogP contribution >= 0.6 is 23.5 Å². The van der Waals surface area contributed by atoms with Crippen molar-refractivity contribution in [2.75, 3.05) is 32.7 Å². The maximum absolute atomic E-state index is 13.6. The molecule has 5 rings (SSSR count). The molecule has 2 aromatic carbocycles. The second-order valence-electron chi connectivity index (χ2n) is 10.3. The average Bonchev–Trinajstić information content (AvgIpc) is 3.17. The van der Waals surface area contributed by atoms with Gasteiger partial charge in [-0.2, -0.15) is 0 Å². The van der Waals surface area contributed by atoms with Gasteiger partial charge in [-0.15, -0.1) is 0 Å². The fraction of sp³-hybridized carbons (Fsp3) is 0.538. The Kier molecular flexibility index (Phi) is 7.07. The van der Waals surface area contributed by atoms with E-state index >= 15 is 0 Å². The van der Waals surface area contributed by atoms with Crippen LogP contribution in [0.4, 0.5) is 0 Å². The molecular formula is C26H33ClN4O2S. The van der Waals surface area contributed by atoms with Gasteiger partial charge < -0.3 is 15.1 Å². The summed E-state index contributed by atoms with van der Waals surface area (Å²) in [7, 11) is 0. The Hall–Kier alpha value is -1.80. The van der Waals surface area contributed by atoms with Crippen molar-refractivity contribution in [1.82, 2.24) is 19.8 Å². The molecule has 4 unspecified atom stereocenters. The molecule has 0 aliphatic carbocycles. The van der Waals surface area contributed by atoms with E-state index in [2.05, 4.69) is 30.0 Å². The standard InChI is InChI=1S/C26H33ClN4O2S/c1-16(2)24(26(33)30-14-17-9-18(15-30)13-28-12-17)31-8-7-23(25(31)32)29-34-22-6-4-19-10-21(27)5-3-20(19)11-22/h3-6,10-11,16-18,23-24,28-29H,7-9,12-15H2,1-2H3. The highest BCUT2D eigenvalue weighted by Crippen LogP contribution is 2.30. The highest BCUT2D eigenvalue weighted by Gasteiger charge is 2.43. The molecule has 3 fully saturated rings. The molecule has 0 aromatic heterocycles. The van der Waals surface area contributed by atoms with Gasteiger partial charge in [-0.3, -0.25) is 9.59 Å². The third kappa shape index (κ3) is 4.94. The number of carbonyl (C=O) groups is 2. The Morgan fingerprint density at radius 3 is 2.56 bits per heavy atom. The molecule has 0 spiro atoms. The first-order valence-electron chi connectivity index (χ1n) is 12.3. The van der Waals surface area contributed by atoms with Crippen molar-refractivity contribution in [2.24, 2.45) is 17.8 Å². The molecule has 0 saturated carbocycles. The Balaban J connectivity index is 1.23. The zero-order valence-corrected chi connectivity index (χ0v) is 21.4. The molecule has 2 bridgehead atoms. The van der Waals surface area contributed by atoms with Crippen LogP contribution in [0, 0.1) is 17.8 Å². The molecule has 3 aliphatic rings. The Morgan fingerprint density at radius 2 is 1.82 bits per heavy atom. The third-order valence-corrected chi connectivity index (χ3v) is 8.48. The van der Waals surface area contributed by atoms with Gasteiger partial charge in [-0.1, -0.05) is 37.6 Å². The number of nitrogens with zero attached hydrogens (tertiary/aromatic N) is 2. The van der Waals surface area contributed by atoms with Gasteiger partial charge in [0.15, 0.2) is 0 Å². The van der Waals surface area contributed by atoms with Crippen LogP contribution in [0.15, 0.2) is 41.3 Å². The van der Waals surface area contributed by atoms with Crippen LogP contribution in [-0.2, 0) is 9.59 Å². The van der Waals surface area contributed by atoms with Gasteiger partial charge in [0.25, 0.3) is 0 Å². The largest absolute Gasteiger partial charge is 0.340 e. The lowest BCUT2D eigenvalue weighted by molar-refractivity contribution is -0.148. The summed E-state index contributed by atoms with van der Waals surface area (Å²) in [6.45, 7) is 8.30. The molecule has 182 valence electrons. The van der Waals surface area contributed by atoms with Gasteiger partial charge in [-0.25, -0.2) is 4.72 Å². The van der Waals surface area contributed by atoms with E-state index in [1.807, 2.05) is 40.1 Å². The summed E-state index contributed by atoms with van der Waals surface area (Å²) in [6, 6.07) is 11.4. The molecule has 3 saturated heterocycles. The van der Waals surface area contributed by atoms with Crippen LogP contribution in [0.5, 0.6) is 0 Å². The fourth-order valence-electron chi connectivity index (χ4n) is 5.74. The fourth-order valence-corrected chi connectivity index (χ4v) is 6.74. The molecule has 34 heavy (non-hydrogen) atoms. The van der Waals surface area contributed by atoms with Crippen molar-refractivity contribution < 1.29 is 9.59 Å². The molecule has 2 N–H and O–H groups in total. The number of piperidine rings is 2. The van der Waals surface area contributed by atoms with E-state index in [0.717, 1.165) is 46.9 Å². The van der Waals surface area contributed by atoms with E-state index in [1.54, 1.807) is 0 Å². The highest BCUT2D eigenvalue weighted by atomic mass is 35.5. The van der Waals surface area contributed by atoms with E-state index in [9.17, 15) is 9.59 Å². The van der Waals surface area contributed by atoms with Crippen molar-refractivity contribution in [3.8, 4) is 0 Å². The van der Waals surface area contributed by atoms with E-state index < -0.39 is 0 Å². The van der Waals surface area contributed by atoms with Crippen LogP contribution in [-0.4, -0.2) is 66.4 Å². The predicted octanol–water partition coefficient (Wildman–Crippen LogP) is 3.78. The molecule has 6 nitrogen and oxygen atoms in total. The zero-order valence-electron chi connectivity index (χ0n) is 19.8. The van der Waals surface area contributed by atoms with Gasteiger partial charge in [0.2, 0.25) is 11.8 Å². The molecule has 2 amide bonds. The molecule has 3 heterocycles. The molecule has 3 aliphatic heterocycles. The van der Waals surface area contributed by atoms with Crippen LogP contribution in [0.3, 0.4) is 0 Å². The van der Waals surface area contributed by atoms with E-state index in [4.69, 9.17) is 11.6 Å². The quantitative estimate of drug-likeness (QED) is 0.591. The Bertz CT molecular complexity index is 1070. The summed E-state index contributed by atoms with van der Waals surface area (Å²) in [5.74, 6) is 1.30. The summed E-state index contributed by atoms with van der Waals surface area (Å²) in [5, 5.41) is 6.42. The minimum absolute atomic E-state index is 0.0333. The second-order valence-corrected chi connectivity index (χ2v) is 11.7. The van der Waals surface area contributed by atoms with Crippen LogP contribution in [0.25, 0.3) is 10.8 Å². The number of likely N-dealkylation sites (tertiary alicyclic amines) is 2. The smallest absolute Gasteiger partial charge is 0.245 e. The number of carbonyl (C=O) groups excluding carboxylic acids is 2. The lowest BCUT2D eigenvalue weighted by Crippen LogP contribution is -2.58. The number of halogens is 1. The van der Waals surface area contributed by atoms with Gasteiger partial charge >= 0.3 is 0 Å². The minimum atomic E-state index is -0.387. The normalized spacial score (nSPS) is 25.9. The van der Waals surface area contributed by atoms with Gasteiger partial charge in [0, 0.05) is 29.6 Å². The second kappa shape index (κ2) is 10.1. The average molecular weight is 501 g/mol. The third-order valence-electron chi connectivity index (χ3n) is 7.35. The summed E-state index contributed by atoms with van der Waals surface area (Å²) >= 11 is 7.57. The van der Waals surface area contributed by atoms with Gasteiger partial charge in [-0.05, 0) is 90.7 Å². The number of amides is 2. The van der Waals surface area contributed by atoms with Crippen LogP contribution in [0.1, 0.15) is 26.7 Å². The molecule has 2 aromatic rings. The highest BCUT2D eigenvalue weighted by molar-refractivity contribution is 7.97. The van der Waals surface area contributed by atoms with E-state index in [-0.39, 0.29) is 29.8 Å². The first-order chi connectivity index (χ1) is 16.4. The number of fused-ring (bicyclic) bond motifs is 3. The molecular weight excluding hydrogens is 468 g/mol. The topological polar surface area (TPSA) is 64.7 Å². The monoisotopic (exact) mass is 500 g/mol. The summed E-state index contributed by atoms with van der Waals surface area (Å²) < 4.78 is 3.36. The van der Waals surface area contributed by atoms with Crippen LogP contribution < -0.4 is 10.0 Å². The number of nitrogens with one attached hydrogen (secondary N) is 2. The number of hydrogen-bond acceptors (Lipinski definition) is 5. The number of benzene rings is 2. The van der Waals surface area contributed by atoms with Crippen molar-refractivity contribution >= 4 is 46.1 Å². The molecule has 8 heteroatoms. The first-order valence-corrected chi connectivity index (χ1v) is 13.5. The maximum Gasteiger partial charge on any atom is 0.245 e. The summed E-state index contributed by atoms with van der Waals surface area (Å²) in [4.78, 5) is 31.9. The van der Waals surface area contributed by atoms with E-state index in [1.165, 1.54) is 18.4 Å². The lowest BCUT2D eigenvalue weighted by atomic mass is 9.85. The zero-order chi connectivity index (χ0) is 23.8. The number of hydrogen-bond donors (Lipinski definition) is 2. The first kappa shape index (κ1) is 23.9. The van der Waals surface area contributed by atoms with E-state index in [0.29, 0.717) is 24.8 Å². The summed E-state index contributed by atoms with van der Waals surface area (Å²) in [5.41, 5.74) is 0.